The summed E-state index contributed by atoms with van der Waals surface area (Å²) < 4.78 is 4.93. The Labute approximate surface area is 91.8 Å². The molecular weight excluding hydrogens is 220 g/mol. The first kappa shape index (κ1) is 11.7. The van der Waals surface area contributed by atoms with Gasteiger partial charge in [0.05, 0.1) is 6.61 Å². The van der Waals surface area contributed by atoms with E-state index >= 15 is 0 Å². The molecule has 82 valence electrons. The van der Waals surface area contributed by atoms with Gasteiger partial charge in [-0.05, 0) is 17.7 Å². The third kappa shape index (κ3) is 5.14. The lowest BCUT2D eigenvalue weighted by atomic mass is 10.5. The Balaban J connectivity index is 2.17. The van der Waals surface area contributed by atoms with Crippen LogP contribution >= 0.6 is 11.6 Å². The smallest absolute Gasteiger partial charge is 0.243 e. The van der Waals surface area contributed by atoms with E-state index < -0.39 is 5.91 Å². The van der Waals surface area contributed by atoms with E-state index in [9.17, 15) is 4.79 Å². The summed E-state index contributed by atoms with van der Waals surface area (Å²) in [7, 11) is 0. The summed E-state index contributed by atoms with van der Waals surface area (Å²) in [6, 6.07) is 1.68. The third-order valence-electron chi connectivity index (χ3n) is 1.42. The first-order valence-corrected chi connectivity index (χ1v) is 4.65. The molecule has 0 atom stereocenters. The zero-order valence-corrected chi connectivity index (χ0v) is 8.70. The van der Waals surface area contributed by atoms with E-state index in [0.717, 1.165) is 0 Å². The molecule has 0 saturated heterocycles. The monoisotopic (exact) mass is 230 g/mol. The van der Waals surface area contributed by atoms with Crippen LogP contribution in [0.15, 0.2) is 12.3 Å². The van der Waals surface area contributed by atoms with E-state index in [-0.39, 0.29) is 11.9 Å². The van der Waals surface area contributed by atoms with Crippen molar-refractivity contribution in [2.45, 2.75) is 0 Å². The molecule has 0 bridgehead atoms. The van der Waals surface area contributed by atoms with Gasteiger partial charge in [0.25, 0.3) is 0 Å². The number of hydrogen-bond donors (Lipinski definition) is 2. The van der Waals surface area contributed by atoms with E-state index in [2.05, 4.69) is 15.3 Å². The van der Waals surface area contributed by atoms with Crippen molar-refractivity contribution in [1.29, 1.82) is 0 Å². The number of nitrogens with one attached hydrogen (secondary N) is 1. The normalized spacial score (nSPS) is 9.93. The van der Waals surface area contributed by atoms with E-state index in [1.54, 1.807) is 12.3 Å². The second kappa shape index (κ2) is 6.15. The number of aromatic nitrogens is 2. The van der Waals surface area contributed by atoms with Gasteiger partial charge < -0.3 is 15.8 Å². The molecule has 1 rings (SSSR count). The molecule has 3 N–H and O–H groups in total. The molecule has 0 radical (unpaired) electrons. The number of carbonyl (C=O) groups is 1. The highest BCUT2D eigenvalue weighted by Crippen LogP contribution is 2.04. The molecule has 0 aromatic carbocycles. The summed E-state index contributed by atoms with van der Waals surface area (Å²) >= 11 is 5.57. The average molecular weight is 231 g/mol. The zero-order chi connectivity index (χ0) is 11.1. The molecule has 1 aromatic heterocycles. The van der Waals surface area contributed by atoms with Crippen LogP contribution in [0, 0.1) is 0 Å². The fourth-order valence-corrected chi connectivity index (χ4v) is 1.00. The summed E-state index contributed by atoms with van der Waals surface area (Å²) in [5.74, 6) is 0.123. The Morgan fingerprint density at radius 1 is 1.67 bits per heavy atom. The minimum Gasteiger partial charge on any atom is -0.370 e. The number of halogens is 1. The Bertz CT molecular complexity index is 334. The Morgan fingerprint density at radius 3 is 3.13 bits per heavy atom. The first-order valence-electron chi connectivity index (χ1n) is 4.27. The lowest BCUT2D eigenvalue weighted by molar-refractivity contribution is -0.122. The van der Waals surface area contributed by atoms with Gasteiger partial charge in [0.15, 0.2) is 0 Å². The van der Waals surface area contributed by atoms with Gasteiger partial charge in [0, 0.05) is 12.7 Å². The van der Waals surface area contributed by atoms with E-state index in [0.29, 0.717) is 19.0 Å². The number of nitrogens with two attached hydrogens (primary N) is 1. The SMILES string of the molecule is NC(=O)COCCNc1ccnc(Cl)n1. The van der Waals surface area contributed by atoms with Crippen molar-refractivity contribution in [1.82, 2.24) is 9.97 Å². The number of amides is 1. The molecule has 7 heteroatoms. The van der Waals surface area contributed by atoms with Crippen LogP contribution in [0.5, 0.6) is 0 Å². The van der Waals surface area contributed by atoms with Crippen molar-refractivity contribution < 1.29 is 9.53 Å². The number of primary amides is 1. The quantitative estimate of drug-likeness (QED) is 0.532. The lowest BCUT2D eigenvalue weighted by Gasteiger charge is -2.05. The highest BCUT2D eigenvalue weighted by Gasteiger charge is 1.96. The molecular formula is C8H11ClN4O2. The van der Waals surface area contributed by atoms with Crippen LogP contribution in [0.2, 0.25) is 5.28 Å². The Hall–Kier alpha value is -1.40. The molecule has 0 aliphatic rings. The first-order chi connectivity index (χ1) is 7.18. The molecule has 0 fully saturated rings. The van der Waals surface area contributed by atoms with Crippen LogP contribution in [-0.2, 0) is 9.53 Å². The highest BCUT2D eigenvalue weighted by atomic mass is 35.5. The molecule has 6 nitrogen and oxygen atoms in total. The van der Waals surface area contributed by atoms with Crippen molar-refractivity contribution in [3.05, 3.63) is 17.5 Å². The number of ether oxygens (including phenoxy) is 1. The van der Waals surface area contributed by atoms with Crippen LogP contribution < -0.4 is 11.1 Å². The van der Waals surface area contributed by atoms with Gasteiger partial charge in [-0.3, -0.25) is 4.79 Å². The summed E-state index contributed by atoms with van der Waals surface area (Å²) in [5, 5.41) is 3.13. The largest absolute Gasteiger partial charge is 0.370 e. The van der Waals surface area contributed by atoms with Gasteiger partial charge >= 0.3 is 0 Å². The number of rotatable bonds is 6. The maximum Gasteiger partial charge on any atom is 0.243 e. The number of nitrogens with zero attached hydrogens (tertiary/aromatic N) is 2. The third-order valence-corrected chi connectivity index (χ3v) is 1.61. The molecule has 0 aliphatic carbocycles. The molecule has 1 aromatic rings. The molecule has 0 aliphatic heterocycles. The molecule has 0 spiro atoms. The summed E-state index contributed by atoms with van der Waals surface area (Å²) in [6.07, 6.45) is 1.54. The summed E-state index contributed by atoms with van der Waals surface area (Å²) in [6.45, 7) is 0.803. The van der Waals surface area contributed by atoms with Crippen LogP contribution in [0.3, 0.4) is 0 Å². The fourth-order valence-electron chi connectivity index (χ4n) is 0.857. The van der Waals surface area contributed by atoms with Crippen molar-refractivity contribution >= 4 is 23.3 Å². The van der Waals surface area contributed by atoms with Crippen molar-refractivity contribution in [3.63, 3.8) is 0 Å². The maximum atomic E-state index is 10.3. The molecule has 1 heterocycles. The Morgan fingerprint density at radius 2 is 2.47 bits per heavy atom. The number of carbonyl (C=O) groups excluding carboxylic acids is 1. The second-order valence-electron chi connectivity index (χ2n) is 2.66. The standard InChI is InChI=1S/C8H11ClN4O2/c9-8-12-2-1-7(13-8)11-3-4-15-5-6(10)14/h1-2H,3-5H2,(H2,10,14)(H,11,12,13). The van der Waals surface area contributed by atoms with Crippen LogP contribution in [0.4, 0.5) is 5.82 Å². The fraction of sp³-hybridized carbons (Fsp3) is 0.375. The van der Waals surface area contributed by atoms with Gasteiger partial charge in [-0.1, -0.05) is 0 Å². The topological polar surface area (TPSA) is 90.1 Å². The van der Waals surface area contributed by atoms with Crippen molar-refractivity contribution in [2.24, 2.45) is 5.73 Å². The lowest BCUT2D eigenvalue weighted by Crippen LogP contribution is -2.20. The van der Waals surface area contributed by atoms with E-state index in [4.69, 9.17) is 22.1 Å². The number of anilines is 1. The number of hydrogen-bond acceptors (Lipinski definition) is 5. The molecule has 1 amide bonds. The van der Waals surface area contributed by atoms with Crippen molar-refractivity contribution in [2.75, 3.05) is 25.1 Å². The van der Waals surface area contributed by atoms with Gasteiger partial charge in [0.1, 0.15) is 12.4 Å². The van der Waals surface area contributed by atoms with Crippen LogP contribution in [0.25, 0.3) is 0 Å². The van der Waals surface area contributed by atoms with Crippen LogP contribution in [-0.4, -0.2) is 35.6 Å². The van der Waals surface area contributed by atoms with Gasteiger partial charge in [-0.2, -0.15) is 0 Å². The van der Waals surface area contributed by atoms with Crippen LogP contribution in [0.1, 0.15) is 0 Å². The maximum absolute atomic E-state index is 10.3. The van der Waals surface area contributed by atoms with E-state index in [1.165, 1.54) is 0 Å². The predicted molar refractivity (Wildman–Crippen MR) is 55.5 cm³/mol. The minimum absolute atomic E-state index is 0.0772. The highest BCUT2D eigenvalue weighted by molar-refractivity contribution is 6.28. The van der Waals surface area contributed by atoms with E-state index in [1.807, 2.05) is 0 Å². The molecule has 0 unspecified atom stereocenters. The molecule has 0 saturated carbocycles. The second-order valence-corrected chi connectivity index (χ2v) is 2.99. The predicted octanol–water partition coefficient (Wildman–Crippen LogP) is 0.0438. The summed E-state index contributed by atoms with van der Waals surface area (Å²) in [5.41, 5.74) is 4.88. The van der Waals surface area contributed by atoms with Gasteiger partial charge in [-0.15, -0.1) is 0 Å². The minimum atomic E-state index is -0.486. The molecule has 15 heavy (non-hydrogen) atoms. The Kier molecular flexibility index (Phi) is 4.79. The van der Waals surface area contributed by atoms with Gasteiger partial charge in [-0.25, -0.2) is 9.97 Å². The zero-order valence-electron chi connectivity index (χ0n) is 7.94. The van der Waals surface area contributed by atoms with Gasteiger partial charge in [0.2, 0.25) is 11.2 Å². The summed E-state index contributed by atoms with van der Waals surface area (Å²) in [4.78, 5) is 17.9. The average Bonchev–Trinajstić information content (AvgIpc) is 2.17. The van der Waals surface area contributed by atoms with Crippen molar-refractivity contribution in [3.8, 4) is 0 Å².